The van der Waals surface area contributed by atoms with Crippen molar-refractivity contribution >= 4 is 0 Å². The number of hydrogen-bond donors (Lipinski definition) is 0. The molecule has 0 radical (unpaired) electrons. The summed E-state index contributed by atoms with van der Waals surface area (Å²) in [5, 5.41) is 0. The van der Waals surface area contributed by atoms with E-state index in [1.54, 1.807) is 0 Å². The molecular formula is C13H26O. The Balaban J connectivity index is 3.23. The predicted octanol–water partition coefficient (Wildman–Crippen LogP) is 4.68. The molecule has 0 aliphatic heterocycles. The van der Waals surface area contributed by atoms with E-state index in [1.165, 1.54) is 37.7 Å². The van der Waals surface area contributed by atoms with Gasteiger partial charge in [-0.25, -0.2) is 0 Å². The van der Waals surface area contributed by atoms with Crippen molar-refractivity contribution in [2.45, 2.75) is 65.7 Å². The van der Waals surface area contributed by atoms with E-state index in [9.17, 15) is 0 Å². The molecule has 1 heteroatoms. The van der Waals surface area contributed by atoms with Crippen LogP contribution in [-0.2, 0) is 4.74 Å². The second-order valence-electron chi connectivity index (χ2n) is 3.77. The summed E-state index contributed by atoms with van der Waals surface area (Å²) in [5.74, 6) is 0. The van der Waals surface area contributed by atoms with Gasteiger partial charge in [-0.05, 0) is 24.8 Å². The first kappa shape index (κ1) is 13.5. The van der Waals surface area contributed by atoms with Gasteiger partial charge in [-0.2, -0.15) is 0 Å². The summed E-state index contributed by atoms with van der Waals surface area (Å²) in [7, 11) is 0. The third-order valence-electron chi connectivity index (χ3n) is 2.52. The number of allylic oxidation sites excluding steroid dienone is 1. The lowest BCUT2D eigenvalue weighted by Gasteiger charge is -2.03. The van der Waals surface area contributed by atoms with Gasteiger partial charge in [0.05, 0.1) is 12.9 Å². The van der Waals surface area contributed by atoms with Crippen LogP contribution < -0.4 is 0 Å². The van der Waals surface area contributed by atoms with Gasteiger partial charge in [-0.1, -0.05) is 46.5 Å². The van der Waals surface area contributed by atoms with Crippen LogP contribution in [0.3, 0.4) is 0 Å². The predicted molar refractivity (Wildman–Crippen MR) is 63.4 cm³/mol. The summed E-state index contributed by atoms with van der Waals surface area (Å²) in [6.07, 6.45) is 10.8. The molecule has 0 bridgehead atoms. The zero-order chi connectivity index (χ0) is 10.6. The smallest absolute Gasteiger partial charge is 0.0873 e. The van der Waals surface area contributed by atoms with Crippen molar-refractivity contribution in [2.75, 3.05) is 6.61 Å². The summed E-state index contributed by atoms with van der Waals surface area (Å²) in [6.45, 7) is 7.50. The average molecular weight is 198 g/mol. The Labute approximate surface area is 89.5 Å². The quantitative estimate of drug-likeness (QED) is 0.386. The molecule has 0 heterocycles. The molecule has 0 aliphatic rings. The molecule has 0 rings (SSSR count). The second kappa shape index (κ2) is 10.6. The van der Waals surface area contributed by atoms with Crippen LogP contribution in [-0.4, -0.2) is 6.61 Å². The van der Waals surface area contributed by atoms with Gasteiger partial charge in [0.2, 0.25) is 0 Å². The highest BCUT2D eigenvalue weighted by Crippen LogP contribution is 2.06. The minimum atomic E-state index is 0.896. The fourth-order valence-electron chi connectivity index (χ4n) is 1.38. The molecular weight excluding hydrogens is 172 g/mol. The molecule has 0 atom stereocenters. The lowest BCUT2D eigenvalue weighted by Crippen LogP contribution is -1.90. The van der Waals surface area contributed by atoms with Crippen LogP contribution in [0.5, 0.6) is 0 Å². The molecule has 0 aliphatic carbocycles. The van der Waals surface area contributed by atoms with Crippen molar-refractivity contribution < 1.29 is 4.74 Å². The summed E-state index contributed by atoms with van der Waals surface area (Å²) < 4.78 is 5.50. The lowest BCUT2D eigenvalue weighted by molar-refractivity contribution is 0.236. The fourth-order valence-corrected chi connectivity index (χ4v) is 1.38. The minimum absolute atomic E-state index is 0.896. The first-order valence-corrected chi connectivity index (χ1v) is 6.14. The molecule has 14 heavy (non-hydrogen) atoms. The summed E-state index contributed by atoms with van der Waals surface area (Å²) in [5.41, 5.74) is 1.42. The van der Waals surface area contributed by atoms with Crippen molar-refractivity contribution in [2.24, 2.45) is 0 Å². The lowest BCUT2D eigenvalue weighted by atomic mass is 10.2. The molecule has 0 N–H and O–H groups in total. The largest absolute Gasteiger partial charge is 0.501 e. The van der Waals surface area contributed by atoms with Crippen LogP contribution in [0.2, 0.25) is 0 Å². The zero-order valence-electron chi connectivity index (χ0n) is 10.1. The number of ether oxygens (including phenoxy) is 1. The Kier molecular flexibility index (Phi) is 10.3. The molecule has 0 unspecified atom stereocenters. The minimum Gasteiger partial charge on any atom is -0.501 e. The van der Waals surface area contributed by atoms with Crippen LogP contribution in [0.1, 0.15) is 65.7 Å². The molecule has 84 valence electrons. The number of unbranched alkanes of at least 4 members (excludes halogenated alkanes) is 4. The van der Waals surface area contributed by atoms with Gasteiger partial charge in [-0.3, -0.25) is 0 Å². The molecule has 0 amide bonds. The van der Waals surface area contributed by atoms with Crippen LogP contribution >= 0.6 is 0 Å². The van der Waals surface area contributed by atoms with Crippen molar-refractivity contribution in [3.63, 3.8) is 0 Å². The maximum absolute atomic E-state index is 5.50. The molecule has 0 aromatic rings. The number of rotatable bonds is 9. The molecule has 0 aromatic heterocycles. The Bertz CT molecular complexity index is 132. The highest BCUT2D eigenvalue weighted by atomic mass is 16.5. The van der Waals surface area contributed by atoms with Crippen molar-refractivity contribution in [1.82, 2.24) is 0 Å². The van der Waals surface area contributed by atoms with Gasteiger partial charge in [0.25, 0.3) is 0 Å². The van der Waals surface area contributed by atoms with E-state index in [0.29, 0.717) is 0 Å². The van der Waals surface area contributed by atoms with E-state index in [4.69, 9.17) is 4.74 Å². The van der Waals surface area contributed by atoms with Gasteiger partial charge >= 0.3 is 0 Å². The van der Waals surface area contributed by atoms with Crippen molar-refractivity contribution in [1.29, 1.82) is 0 Å². The topological polar surface area (TPSA) is 9.23 Å². The SMILES string of the molecule is CCCCCCCOC=C(CC)CC. The highest BCUT2D eigenvalue weighted by molar-refractivity contribution is 4.95. The number of hydrogen-bond acceptors (Lipinski definition) is 1. The van der Waals surface area contributed by atoms with Crippen molar-refractivity contribution in [3.05, 3.63) is 11.8 Å². The van der Waals surface area contributed by atoms with E-state index in [-0.39, 0.29) is 0 Å². The Hall–Kier alpha value is -0.460. The van der Waals surface area contributed by atoms with Crippen LogP contribution in [0.15, 0.2) is 11.8 Å². The van der Waals surface area contributed by atoms with Crippen LogP contribution in [0.25, 0.3) is 0 Å². The standard InChI is InChI=1S/C13H26O/c1-4-7-8-9-10-11-14-12-13(5-2)6-3/h12H,4-11H2,1-3H3. The first-order valence-electron chi connectivity index (χ1n) is 6.14. The third kappa shape index (κ3) is 8.15. The zero-order valence-corrected chi connectivity index (χ0v) is 10.1. The molecule has 0 fully saturated rings. The maximum atomic E-state index is 5.50. The van der Waals surface area contributed by atoms with E-state index >= 15 is 0 Å². The summed E-state index contributed by atoms with van der Waals surface area (Å²) in [6, 6.07) is 0. The molecule has 0 aromatic carbocycles. The Morgan fingerprint density at radius 2 is 1.57 bits per heavy atom. The molecule has 1 nitrogen and oxygen atoms in total. The second-order valence-corrected chi connectivity index (χ2v) is 3.77. The van der Waals surface area contributed by atoms with E-state index in [1.807, 2.05) is 6.26 Å². The highest BCUT2D eigenvalue weighted by Gasteiger charge is 1.91. The summed E-state index contributed by atoms with van der Waals surface area (Å²) >= 11 is 0. The molecule has 0 saturated carbocycles. The normalized spacial score (nSPS) is 9.93. The van der Waals surface area contributed by atoms with Crippen molar-refractivity contribution in [3.8, 4) is 0 Å². The molecule has 0 saturated heterocycles. The van der Waals surface area contributed by atoms with E-state index in [2.05, 4.69) is 20.8 Å². The van der Waals surface area contributed by atoms with Gasteiger partial charge in [-0.15, -0.1) is 0 Å². The van der Waals surface area contributed by atoms with E-state index in [0.717, 1.165) is 19.4 Å². The van der Waals surface area contributed by atoms with Gasteiger partial charge in [0.1, 0.15) is 0 Å². The Morgan fingerprint density at radius 3 is 2.14 bits per heavy atom. The summed E-state index contributed by atoms with van der Waals surface area (Å²) in [4.78, 5) is 0. The van der Waals surface area contributed by atoms with Gasteiger partial charge < -0.3 is 4.74 Å². The fraction of sp³-hybridized carbons (Fsp3) is 0.846. The third-order valence-corrected chi connectivity index (χ3v) is 2.52. The molecule has 0 spiro atoms. The Morgan fingerprint density at radius 1 is 0.929 bits per heavy atom. The van der Waals surface area contributed by atoms with E-state index < -0.39 is 0 Å². The van der Waals surface area contributed by atoms with Crippen LogP contribution in [0, 0.1) is 0 Å². The average Bonchev–Trinajstić information content (AvgIpc) is 2.22. The first-order chi connectivity index (χ1) is 6.85. The van der Waals surface area contributed by atoms with Crippen LogP contribution in [0.4, 0.5) is 0 Å². The van der Waals surface area contributed by atoms with Gasteiger partial charge in [0.15, 0.2) is 0 Å². The maximum Gasteiger partial charge on any atom is 0.0873 e. The van der Waals surface area contributed by atoms with Gasteiger partial charge in [0, 0.05) is 0 Å². The monoisotopic (exact) mass is 198 g/mol.